The molecule has 0 bridgehead atoms. The van der Waals surface area contributed by atoms with Gasteiger partial charge in [0.25, 0.3) is 5.91 Å². The summed E-state index contributed by atoms with van der Waals surface area (Å²) in [5, 5.41) is 15.6. The van der Waals surface area contributed by atoms with Crippen LogP contribution in [0.15, 0.2) is 60.3 Å². The van der Waals surface area contributed by atoms with E-state index in [2.05, 4.69) is 27.4 Å². The van der Waals surface area contributed by atoms with Crippen LogP contribution in [0, 0.1) is 19.8 Å². The molecule has 0 radical (unpaired) electrons. The van der Waals surface area contributed by atoms with Crippen LogP contribution in [0.25, 0.3) is 0 Å². The van der Waals surface area contributed by atoms with Gasteiger partial charge >= 0.3 is 0 Å². The van der Waals surface area contributed by atoms with Gasteiger partial charge in [-0.1, -0.05) is 73.1 Å². The smallest absolute Gasteiger partial charge is 0.253 e. The Kier molecular flexibility index (Phi) is 9.12. The van der Waals surface area contributed by atoms with Crippen molar-refractivity contribution in [2.45, 2.75) is 45.4 Å². The van der Waals surface area contributed by atoms with Crippen molar-refractivity contribution in [1.82, 2.24) is 20.1 Å². The number of carbonyl (C=O) groups excluding carboxylic acids is 2. The summed E-state index contributed by atoms with van der Waals surface area (Å²) < 4.78 is 1.87. The maximum Gasteiger partial charge on any atom is 0.253 e. The quantitative estimate of drug-likeness (QED) is 0.273. The van der Waals surface area contributed by atoms with Crippen LogP contribution in [0.3, 0.4) is 0 Å². The van der Waals surface area contributed by atoms with Gasteiger partial charge in [0.05, 0.1) is 22.4 Å². The van der Waals surface area contributed by atoms with Crippen molar-refractivity contribution < 1.29 is 9.59 Å². The molecule has 3 rings (SSSR count). The molecular formula is C26H30ClN5O2S. The number of nitrogens with zero attached hydrogens (tertiary/aromatic N) is 3. The number of halogens is 1. The molecule has 0 aliphatic rings. The van der Waals surface area contributed by atoms with E-state index in [0.29, 0.717) is 28.1 Å². The number of nitrogens with one attached hydrogen (secondary N) is 2. The van der Waals surface area contributed by atoms with Gasteiger partial charge in [-0.25, -0.2) is 0 Å². The molecule has 2 amide bonds. The molecule has 35 heavy (non-hydrogen) atoms. The van der Waals surface area contributed by atoms with Gasteiger partial charge < -0.3 is 15.2 Å². The minimum absolute atomic E-state index is 0.0277. The highest BCUT2D eigenvalue weighted by molar-refractivity contribution is 7.99. The van der Waals surface area contributed by atoms with E-state index in [0.717, 1.165) is 16.8 Å². The van der Waals surface area contributed by atoms with Crippen molar-refractivity contribution in [3.63, 3.8) is 0 Å². The fourth-order valence-corrected chi connectivity index (χ4v) is 4.58. The Morgan fingerprint density at radius 1 is 1.17 bits per heavy atom. The summed E-state index contributed by atoms with van der Waals surface area (Å²) in [6.45, 7) is 12.2. The molecule has 0 spiro atoms. The summed E-state index contributed by atoms with van der Waals surface area (Å²) in [4.78, 5) is 25.5. The third kappa shape index (κ3) is 6.74. The van der Waals surface area contributed by atoms with E-state index >= 15 is 0 Å². The van der Waals surface area contributed by atoms with Gasteiger partial charge in [-0.05, 0) is 43.5 Å². The molecule has 0 saturated heterocycles. The Morgan fingerprint density at radius 2 is 1.91 bits per heavy atom. The maximum absolute atomic E-state index is 12.9. The molecule has 3 aromatic rings. The number of hydrogen-bond acceptors (Lipinski definition) is 5. The van der Waals surface area contributed by atoms with E-state index < -0.39 is 6.04 Å². The molecule has 1 aromatic heterocycles. The summed E-state index contributed by atoms with van der Waals surface area (Å²) in [6, 6.07) is 12.4. The number of benzene rings is 2. The Bertz CT molecular complexity index is 1220. The molecule has 0 aliphatic heterocycles. The van der Waals surface area contributed by atoms with E-state index in [9.17, 15) is 9.59 Å². The lowest BCUT2D eigenvalue weighted by molar-refractivity contribution is -0.113. The van der Waals surface area contributed by atoms with Crippen LogP contribution in [0.4, 0.5) is 5.69 Å². The van der Waals surface area contributed by atoms with Crippen molar-refractivity contribution in [3.8, 4) is 0 Å². The number of allylic oxidation sites excluding steroid dienone is 1. The zero-order chi connectivity index (χ0) is 25.5. The summed E-state index contributed by atoms with van der Waals surface area (Å²) in [5.41, 5.74) is 3.33. The molecule has 9 heteroatoms. The average molecular weight is 512 g/mol. The lowest BCUT2D eigenvalue weighted by Gasteiger charge is -2.23. The first kappa shape index (κ1) is 26.5. The van der Waals surface area contributed by atoms with Crippen molar-refractivity contribution in [1.29, 1.82) is 0 Å². The minimum atomic E-state index is -0.412. The summed E-state index contributed by atoms with van der Waals surface area (Å²) in [6.07, 6.45) is 1.74. The minimum Gasteiger partial charge on any atom is -0.342 e. The van der Waals surface area contributed by atoms with Crippen LogP contribution in [-0.2, 0) is 11.3 Å². The van der Waals surface area contributed by atoms with E-state index in [1.54, 1.807) is 30.3 Å². The molecule has 1 heterocycles. The number of rotatable bonds is 10. The zero-order valence-corrected chi connectivity index (χ0v) is 21.9. The van der Waals surface area contributed by atoms with Crippen LogP contribution < -0.4 is 10.6 Å². The lowest BCUT2D eigenvalue weighted by atomic mass is 10.0. The Balaban J connectivity index is 1.76. The van der Waals surface area contributed by atoms with Gasteiger partial charge in [-0.3, -0.25) is 9.59 Å². The first-order valence-corrected chi connectivity index (χ1v) is 12.7. The molecular weight excluding hydrogens is 482 g/mol. The maximum atomic E-state index is 12.9. The van der Waals surface area contributed by atoms with Crippen LogP contribution >= 0.6 is 23.4 Å². The SMILES string of the molecule is C=CCn1c(SCC(=O)Nc2ccc(C)cc2C)nnc1[C@H](NC(=O)c1ccccc1Cl)C(C)C. The van der Waals surface area contributed by atoms with E-state index in [1.807, 2.05) is 50.5 Å². The van der Waals surface area contributed by atoms with E-state index in [4.69, 9.17) is 11.6 Å². The van der Waals surface area contributed by atoms with E-state index in [1.165, 1.54) is 11.8 Å². The lowest BCUT2D eigenvalue weighted by Crippen LogP contribution is -2.34. The second-order valence-electron chi connectivity index (χ2n) is 8.57. The molecule has 0 unspecified atom stereocenters. The Labute approximate surface area is 215 Å². The highest BCUT2D eigenvalue weighted by Crippen LogP contribution is 2.27. The molecule has 0 aliphatic carbocycles. The van der Waals surface area contributed by atoms with Crippen LogP contribution in [0.5, 0.6) is 0 Å². The van der Waals surface area contributed by atoms with Crippen molar-refractivity contribution in [2.24, 2.45) is 5.92 Å². The van der Waals surface area contributed by atoms with Gasteiger partial charge in [-0.15, -0.1) is 16.8 Å². The third-order valence-corrected chi connectivity index (χ3v) is 6.69. The number of amides is 2. The summed E-state index contributed by atoms with van der Waals surface area (Å²) in [7, 11) is 0. The molecule has 184 valence electrons. The van der Waals surface area contributed by atoms with Crippen LogP contribution in [0.1, 0.15) is 47.2 Å². The topological polar surface area (TPSA) is 88.9 Å². The van der Waals surface area contributed by atoms with Crippen LogP contribution in [-0.4, -0.2) is 32.3 Å². The van der Waals surface area contributed by atoms with Crippen LogP contribution in [0.2, 0.25) is 5.02 Å². The molecule has 0 saturated carbocycles. The van der Waals surface area contributed by atoms with Gasteiger partial charge in [0.15, 0.2) is 11.0 Å². The standard InChI is InChI=1S/C26H30ClN5O2S/c1-6-13-32-24(23(16(2)3)29-25(34)19-9-7-8-10-20(19)27)30-31-26(32)35-15-22(33)28-21-12-11-17(4)14-18(21)5/h6-12,14,16,23H,1,13,15H2,2-5H3,(H,28,33)(H,29,34)/t23-/m1/s1. The number of thioether (sulfide) groups is 1. The second-order valence-corrected chi connectivity index (χ2v) is 9.92. The summed E-state index contributed by atoms with van der Waals surface area (Å²) in [5.74, 6) is 0.368. The number of anilines is 1. The Hall–Kier alpha value is -3.10. The third-order valence-electron chi connectivity index (χ3n) is 5.40. The fourth-order valence-electron chi connectivity index (χ4n) is 3.60. The van der Waals surface area contributed by atoms with Gasteiger partial charge in [-0.2, -0.15) is 0 Å². The first-order chi connectivity index (χ1) is 16.7. The molecule has 2 N–H and O–H groups in total. The molecule has 7 nitrogen and oxygen atoms in total. The first-order valence-electron chi connectivity index (χ1n) is 11.3. The zero-order valence-electron chi connectivity index (χ0n) is 20.3. The largest absolute Gasteiger partial charge is 0.342 e. The number of aromatic nitrogens is 3. The predicted molar refractivity (Wildman–Crippen MR) is 142 cm³/mol. The highest BCUT2D eigenvalue weighted by atomic mass is 35.5. The van der Waals surface area contributed by atoms with Gasteiger partial charge in [0, 0.05) is 12.2 Å². The van der Waals surface area contributed by atoms with Crippen molar-refractivity contribution in [2.75, 3.05) is 11.1 Å². The molecule has 0 fully saturated rings. The Morgan fingerprint density at radius 3 is 2.57 bits per heavy atom. The normalized spacial score (nSPS) is 11.8. The summed E-state index contributed by atoms with van der Waals surface area (Å²) >= 11 is 7.50. The monoisotopic (exact) mass is 511 g/mol. The fraction of sp³-hybridized carbons (Fsp3) is 0.308. The van der Waals surface area contributed by atoms with Gasteiger partial charge in [0.2, 0.25) is 5.91 Å². The molecule has 1 atom stereocenters. The number of aryl methyl sites for hydroxylation is 2. The van der Waals surface area contributed by atoms with Crippen molar-refractivity contribution in [3.05, 3.63) is 82.7 Å². The van der Waals surface area contributed by atoms with E-state index in [-0.39, 0.29) is 23.5 Å². The van der Waals surface area contributed by atoms with Crippen molar-refractivity contribution >= 4 is 40.9 Å². The van der Waals surface area contributed by atoms with Gasteiger partial charge in [0.1, 0.15) is 0 Å². The second kappa shape index (κ2) is 12.0. The average Bonchev–Trinajstić information content (AvgIpc) is 3.20. The predicted octanol–water partition coefficient (Wildman–Crippen LogP) is 5.59. The number of carbonyl (C=O) groups is 2. The highest BCUT2D eigenvalue weighted by Gasteiger charge is 2.27. The molecule has 2 aromatic carbocycles. The number of hydrogen-bond donors (Lipinski definition) is 2.